The molecule has 1 atom stereocenters. The number of phenols is 1. The Kier molecular flexibility index (Phi) is 10.5. The van der Waals surface area contributed by atoms with Gasteiger partial charge in [0.15, 0.2) is 0 Å². The summed E-state index contributed by atoms with van der Waals surface area (Å²) in [5.74, 6) is 0.619. The van der Waals surface area contributed by atoms with E-state index in [2.05, 4.69) is 27.5 Å². The van der Waals surface area contributed by atoms with E-state index >= 15 is 0 Å². The summed E-state index contributed by atoms with van der Waals surface area (Å²) in [7, 11) is 3.98. The lowest BCUT2D eigenvalue weighted by atomic mass is 10.0. The second-order valence-corrected chi connectivity index (χ2v) is 9.69. The molecule has 1 amide bonds. The average Bonchev–Trinajstić information content (AvgIpc) is 2.92. The van der Waals surface area contributed by atoms with Crippen molar-refractivity contribution in [3.63, 3.8) is 0 Å². The van der Waals surface area contributed by atoms with E-state index in [1.165, 1.54) is 6.08 Å². The molecule has 0 saturated carbocycles. The van der Waals surface area contributed by atoms with Crippen molar-refractivity contribution in [1.29, 1.82) is 0 Å². The molecule has 0 bridgehead atoms. The quantitative estimate of drug-likeness (QED) is 0.354. The molecule has 39 heavy (non-hydrogen) atoms. The fourth-order valence-electron chi connectivity index (χ4n) is 4.46. The maximum absolute atomic E-state index is 11.0. The number of ether oxygens (including phenoxy) is 1. The van der Waals surface area contributed by atoms with Gasteiger partial charge in [0.1, 0.15) is 18.2 Å². The molecule has 0 aliphatic carbocycles. The lowest BCUT2D eigenvalue weighted by Crippen LogP contribution is -2.39. The van der Waals surface area contributed by atoms with Crippen LogP contribution in [0.1, 0.15) is 25.1 Å². The molecule has 1 aliphatic heterocycles. The second kappa shape index (κ2) is 13.8. The number of nitrogens with two attached hydrogens (primary N) is 1. The predicted molar refractivity (Wildman–Crippen MR) is 155 cm³/mol. The largest absolute Gasteiger partial charge is 0.508 e. The van der Waals surface area contributed by atoms with Crippen molar-refractivity contribution in [3.05, 3.63) is 60.3 Å². The monoisotopic (exact) mass is 536 g/mol. The first kappa shape index (κ1) is 29.7. The van der Waals surface area contributed by atoms with E-state index in [-0.39, 0.29) is 24.3 Å². The minimum Gasteiger partial charge on any atom is -0.508 e. The van der Waals surface area contributed by atoms with E-state index < -0.39 is 0 Å². The third-order valence-electron chi connectivity index (χ3n) is 6.61. The van der Waals surface area contributed by atoms with Gasteiger partial charge in [-0.15, -0.1) is 0 Å². The number of nitrogen functional groups attached to an aromatic ring is 1. The van der Waals surface area contributed by atoms with Crippen molar-refractivity contribution in [2.45, 2.75) is 32.9 Å². The second-order valence-electron chi connectivity index (χ2n) is 9.69. The SMILES string of the molecule is C=CC(=O)N(CC)C(C)CO.CN(C)CCOc1nc(N)c2c(n1)CN(c1cc(O)cc3ccccc13)CC2. The zero-order valence-electron chi connectivity index (χ0n) is 23.3. The van der Waals surface area contributed by atoms with Gasteiger partial charge in [-0.25, -0.2) is 0 Å². The van der Waals surface area contributed by atoms with Gasteiger partial charge in [0.2, 0.25) is 5.91 Å². The van der Waals surface area contributed by atoms with Gasteiger partial charge in [-0.1, -0.05) is 30.8 Å². The Balaban J connectivity index is 0.000000325. The van der Waals surface area contributed by atoms with Crippen molar-refractivity contribution >= 4 is 28.2 Å². The maximum atomic E-state index is 11.0. The number of carbonyl (C=O) groups is 1. The Hall–Kier alpha value is -3.89. The zero-order valence-corrected chi connectivity index (χ0v) is 23.3. The van der Waals surface area contributed by atoms with Crippen LogP contribution in [0.2, 0.25) is 0 Å². The number of aliphatic hydroxyl groups excluding tert-OH is 1. The molecule has 1 aromatic heterocycles. The van der Waals surface area contributed by atoms with Crippen LogP contribution in [-0.2, 0) is 17.8 Å². The van der Waals surface area contributed by atoms with Crippen LogP contribution in [0, 0.1) is 0 Å². The number of nitrogens with zero attached hydrogens (tertiary/aromatic N) is 5. The molecular weight excluding hydrogens is 496 g/mol. The Morgan fingerprint density at radius 1 is 1.28 bits per heavy atom. The van der Waals surface area contributed by atoms with Gasteiger partial charge in [0.25, 0.3) is 0 Å². The zero-order chi connectivity index (χ0) is 28.5. The third kappa shape index (κ3) is 7.58. The number of phenolic OH excluding ortho intramolecular Hbond substituents is 1. The first-order valence-corrected chi connectivity index (χ1v) is 13.1. The summed E-state index contributed by atoms with van der Waals surface area (Å²) < 4.78 is 5.69. The van der Waals surface area contributed by atoms with Gasteiger partial charge >= 0.3 is 6.01 Å². The number of anilines is 2. The molecule has 1 aliphatic rings. The van der Waals surface area contributed by atoms with Crippen LogP contribution in [0.3, 0.4) is 0 Å². The van der Waals surface area contributed by atoms with Crippen molar-refractivity contribution in [2.75, 3.05) is 57.6 Å². The summed E-state index contributed by atoms with van der Waals surface area (Å²) in [6.07, 6.45) is 2.01. The Morgan fingerprint density at radius 3 is 2.69 bits per heavy atom. The van der Waals surface area contributed by atoms with Crippen molar-refractivity contribution < 1.29 is 19.7 Å². The lowest BCUT2D eigenvalue weighted by molar-refractivity contribution is -0.128. The molecule has 0 fully saturated rings. The third-order valence-corrected chi connectivity index (χ3v) is 6.61. The lowest BCUT2D eigenvalue weighted by Gasteiger charge is -2.31. The average molecular weight is 537 g/mol. The maximum Gasteiger partial charge on any atom is 0.318 e. The fraction of sp³-hybridized carbons (Fsp3) is 0.414. The smallest absolute Gasteiger partial charge is 0.318 e. The highest BCUT2D eigenvalue weighted by atomic mass is 16.5. The van der Waals surface area contributed by atoms with Gasteiger partial charge in [0.05, 0.1) is 24.9 Å². The van der Waals surface area contributed by atoms with Crippen LogP contribution in [0.15, 0.2) is 49.1 Å². The molecule has 2 aromatic carbocycles. The number of fused-ring (bicyclic) bond motifs is 2. The minimum atomic E-state index is -0.131. The number of benzene rings is 2. The number of carbonyl (C=O) groups excluding carboxylic acids is 1. The molecule has 10 nitrogen and oxygen atoms in total. The number of hydrogen-bond acceptors (Lipinski definition) is 9. The number of aromatic nitrogens is 2. The highest BCUT2D eigenvalue weighted by molar-refractivity contribution is 5.95. The van der Waals surface area contributed by atoms with E-state index in [4.69, 9.17) is 15.6 Å². The topological polar surface area (TPSA) is 128 Å². The molecule has 210 valence electrons. The summed E-state index contributed by atoms with van der Waals surface area (Å²) in [5, 5.41) is 21.0. The highest BCUT2D eigenvalue weighted by Gasteiger charge is 2.23. The van der Waals surface area contributed by atoms with Gasteiger partial charge in [-0.3, -0.25) is 4.79 Å². The van der Waals surface area contributed by atoms with Crippen molar-refractivity contribution in [2.24, 2.45) is 0 Å². The van der Waals surface area contributed by atoms with Crippen molar-refractivity contribution in [3.8, 4) is 11.8 Å². The van der Waals surface area contributed by atoms with Crippen LogP contribution < -0.4 is 15.4 Å². The molecule has 4 N–H and O–H groups in total. The van der Waals surface area contributed by atoms with Gasteiger partial charge < -0.3 is 35.4 Å². The highest BCUT2D eigenvalue weighted by Crippen LogP contribution is 2.35. The van der Waals surface area contributed by atoms with Gasteiger partial charge in [-0.2, -0.15) is 9.97 Å². The summed E-state index contributed by atoms with van der Waals surface area (Å²) in [4.78, 5) is 25.8. The molecule has 4 rings (SSSR count). The number of aromatic hydroxyl groups is 1. The number of hydrogen-bond donors (Lipinski definition) is 3. The molecule has 10 heteroatoms. The molecule has 3 aromatic rings. The van der Waals surface area contributed by atoms with Crippen LogP contribution in [0.4, 0.5) is 11.5 Å². The van der Waals surface area contributed by atoms with E-state index in [0.717, 1.165) is 47.2 Å². The van der Waals surface area contributed by atoms with Crippen molar-refractivity contribution in [1.82, 2.24) is 19.8 Å². The predicted octanol–water partition coefficient (Wildman–Crippen LogP) is 2.82. The van der Waals surface area contributed by atoms with E-state index in [1.54, 1.807) is 17.9 Å². The molecule has 0 saturated heterocycles. The standard InChI is InChI=1S/C21H25N5O2.C8H15NO2/c1-25(2)9-10-28-21-23-18-13-26(8-7-17(18)20(22)24-21)19-12-15(27)11-14-5-3-4-6-16(14)19;1-4-8(11)9(5-2)7(3)6-10/h3-6,11-12,27H,7-10,13H2,1-2H3,(H2,22,23,24);4,7,10H,1,5-6H2,2-3H3. The molecule has 2 heterocycles. The molecule has 0 radical (unpaired) electrons. The molecule has 0 spiro atoms. The van der Waals surface area contributed by atoms with E-state index in [9.17, 15) is 9.90 Å². The summed E-state index contributed by atoms with van der Waals surface area (Å²) in [5.41, 5.74) is 9.03. The summed E-state index contributed by atoms with van der Waals surface area (Å²) in [6, 6.07) is 11.9. The normalized spacial score (nSPS) is 13.3. The number of rotatable bonds is 9. The Labute approximate surface area is 230 Å². The van der Waals surface area contributed by atoms with E-state index in [1.807, 2.05) is 50.2 Å². The van der Waals surface area contributed by atoms with Crippen LogP contribution >= 0.6 is 0 Å². The minimum absolute atomic E-state index is 0.00653. The van der Waals surface area contributed by atoms with Gasteiger partial charge in [-0.05, 0) is 51.9 Å². The first-order chi connectivity index (χ1) is 18.7. The summed E-state index contributed by atoms with van der Waals surface area (Å²) in [6.45, 7) is 10.3. The number of likely N-dealkylation sites (N-methyl/N-ethyl adjacent to an activating group) is 2. The number of aliphatic hydroxyl groups is 1. The Bertz CT molecular complexity index is 1280. The number of amides is 1. The van der Waals surface area contributed by atoms with E-state index in [0.29, 0.717) is 31.5 Å². The molecule has 1 unspecified atom stereocenters. The Morgan fingerprint density at radius 2 is 2.03 bits per heavy atom. The van der Waals surface area contributed by atoms with Crippen LogP contribution in [0.25, 0.3) is 10.8 Å². The van der Waals surface area contributed by atoms with Gasteiger partial charge in [0, 0.05) is 42.3 Å². The fourth-order valence-corrected chi connectivity index (χ4v) is 4.46. The van der Waals surface area contributed by atoms with Crippen LogP contribution in [-0.4, -0.2) is 88.9 Å². The van der Waals surface area contributed by atoms with Crippen LogP contribution in [0.5, 0.6) is 11.8 Å². The molecular formula is C29H40N6O4. The first-order valence-electron chi connectivity index (χ1n) is 13.1. The summed E-state index contributed by atoms with van der Waals surface area (Å²) >= 11 is 0.